The Hall–Kier alpha value is -3.03. The minimum atomic E-state index is -0.145. The summed E-state index contributed by atoms with van der Waals surface area (Å²) in [6, 6.07) is 10.6. The minimum absolute atomic E-state index is 0.118. The van der Waals surface area contributed by atoms with Crippen LogP contribution in [-0.2, 0) is 0 Å². The van der Waals surface area contributed by atoms with Crippen molar-refractivity contribution in [1.29, 1.82) is 0 Å². The number of amides is 2. The number of benzene rings is 1. The monoisotopic (exact) mass is 372 g/mol. The zero-order valence-corrected chi connectivity index (χ0v) is 15.6. The molecule has 1 aliphatic rings. The summed E-state index contributed by atoms with van der Waals surface area (Å²) in [4.78, 5) is 14.3. The quantitative estimate of drug-likeness (QED) is 0.839. The van der Waals surface area contributed by atoms with E-state index in [1.165, 1.54) is 7.11 Å². The number of aromatic nitrogens is 2. The predicted molar refractivity (Wildman–Crippen MR) is 100 cm³/mol. The lowest BCUT2D eigenvalue weighted by atomic mass is 10.1. The van der Waals surface area contributed by atoms with Crippen molar-refractivity contribution in [3.05, 3.63) is 36.4 Å². The van der Waals surface area contributed by atoms with Crippen LogP contribution in [0.1, 0.15) is 19.8 Å². The lowest BCUT2D eigenvalue weighted by molar-refractivity contribution is 0.101. The first kappa shape index (κ1) is 18.8. The van der Waals surface area contributed by atoms with Gasteiger partial charge in [0.1, 0.15) is 11.9 Å². The molecule has 1 unspecified atom stereocenters. The first-order chi connectivity index (χ1) is 13.2. The normalized spacial score (nSPS) is 16.5. The van der Waals surface area contributed by atoms with E-state index in [0.29, 0.717) is 31.5 Å². The summed E-state index contributed by atoms with van der Waals surface area (Å²) < 4.78 is 16.3. The number of hydrogen-bond acceptors (Lipinski definition) is 6. The summed E-state index contributed by atoms with van der Waals surface area (Å²) in [5, 5.41) is 10.8. The highest BCUT2D eigenvalue weighted by molar-refractivity contribution is 5.89. The molecule has 1 fully saturated rings. The Bertz CT molecular complexity index is 736. The van der Waals surface area contributed by atoms with Crippen molar-refractivity contribution >= 4 is 11.7 Å². The summed E-state index contributed by atoms with van der Waals surface area (Å²) >= 11 is 0. The highest BCUT2D eigenvalue weighted by atomic mass is 16.5. The zero-order chi connectivity index (χ0) is 19.1. The molecule has 144 valence electrons. The second-order valence-corrected chi connectivity index (χ2v) is 6.13. The van der Waals surface area contributed by atoms with E-state index in [9.17, 15) is 4.79 Å². The lowest BCUT2D eigenvalue weighted by Gasteiger charge is -2.32. The number of nitrogens with zero attached hydrogens (tertiary/aromatic N) is 3. The summed E-state index contributed by atoms with van der Waals surface area (Å²) in [5.41, 5.74) is 0.729. The van der Waals surface area contributed by atoms with Crippen molar-refractivity contribution in [2.75, 3.05) is 32.1 Å². The van der Waals surface area contributed by atoms with E-state index in [4.69, 9.17) is 14.2 Å². The van der Waals surface area contributed by atoms with E-state index in [2.05, 4.69) is 15.5 Å². The molecule has 0 saturated carbocycles. The molecule has 1 aliphatic heterocycles. The maximum absolute atomic E-state index is 12.5. The Morgan fingerprint density at radius 3 is 2.59 bits per heavy atom. The van der Waals surface area contributed by atoms with Gasteiger partial charge in [0.2, 0.25) is 11.8 Å². The van der Waals surface area contributed by atoms with Crippen LogP contribution < -0.4 is 19.5 Å². The van der Waals surface area contributed by atoms with E-state index in [-0.39, 0.29) is 12.1 Å². The summed E-state index contributed by atoms with van der Waals surface area (Å²) in [6.45, 7) is 3.73. The molecular formula is C19H24N4O4. The Morgan fingerprint density at radius 1 is 1.19 bits per heavy atom. The Morgan fingerprint density at radius 2 is 1.93 bits per heavy atom. The van der Waals surface area contributed by atoms with E-state index >= 15 is 0 Å². The molecule has 2 heterocycles. The van der Waals surface area contributed by atoms with Gasteiger partial charge in [0.05, 0.1) is 20.3 Å². The maximum atomic E-state index is 12.5. The third-order valence-electron chi connectivity index (χ3n) is 4.19. The van der Waals surface area contributed by atoms with Crippen LogP contribution >= 0.6 is 0 Å². The second-order valence-electron chi connectivity index (χ2n) is 6.13. The molecule has 0 aliphatic carbocycles. The van der Waals surface area contributed by atoms with Gasteiger partial charge in [-0.3, -0.25) is 0 Å². The molecule has 0 radical (unpaired) electrons. The fourth-order valence-electron chi connectivity index (χ4n) is 2.87. The molecule has 1 aromatic carbocycles. The molecule has 0 bridgehead atoms. The van der Waals surface area contributed by atoms with Gasteiger partial charge in [-0.2, -0.15) is 0 Å². The topological polar surface area (TPSA) is 85.8 Å². The number of carbonyl (C=O) groups excluding carboxylic acids is 1. The average Bonchev–Trinajstić information content (AvgIpc) is 2.70. The molecule has 1 aromatic heterocycles. The van der Waals surface area contributed by atoms with Crippen molar-refractivity contribution in [2.45, 2.75) is 25.9 Å². The van der Waals surface area contributed by atoms with Crippen LogP contribution in [0.3, 0.4) is 0 Å². The van der Waals surface area contributed by atoms with Crippen LogP contribution in [0.4, 0.5) is 10.5 Å². The molecule has 8 nitrogen and oxygen atoms in total. The number of ether oxygens (including phenoxy) is 3. The number of anilines is 1. The van der Waals surface area contributed by atoms with E-state index in [0.717, 1.165) is 24.3 Å². The highest BCUT2D eigenvalue weighted by Gasteiger charge is 2.25. The molecule has 3 rings (SSSR count). The van der Waals surface area contributed by atoms with E-state index in [1.807, 2.05) is 31.2 Å². The number of likely N-dealkylation sites (tertiary alicyclic amines) is 1. The first-order valence-electron chi connectivity index (χ1n) is 9.01. The maximum Gasteiger partial charge on any atom is 0.321 e. The van der Waals surface area contributed by atoms with Crippen molar-refractivity contribution in [1.82, 2.24) is 15.1 Å². The number of carbonyl (C=O) groups is 1. The predicted octanol–water partition coefficient (Wildman–Crippen LogP) is 2.96. The van der Waals surface area contributed by atoms with Crippen LogP contribution in [0.15, 0.2) is 36.4 Å². The highest BCUT2D eigenvalue weighted by Crippen LogP contribution is 2.20. The molecule has 1 atom stereocenters. The van der Waals surface area contributed by atoms with Gasteiger partial charge in [0, 0.05) is 24.4 Å². The van der Waals surface area contributed by atoms with E-state index < -0.39 is 0 Å². The standard InChI is InChI=1S/C19H24N4O4/c1-3-26-15-8-6-14(7-9-15)20-19(24)23-12-4-5-16(13-23)27-18-11-10-17(25-2)21-22-18/h6-11,16H,3-5,12-13H2,1-2H3,(H,20,24). The van der Waals surface area contributed by atoms with Gasteiger partial charge in [-0.25, -0.2) is 4.79 Å². The minimum Gasteiger partial charge on any atom is -0.494 e. The number of nitrogens with one attached hydrogen (secondary N) is 1. The van der Waals surface area contributed by atoms with Crippen LogP contribution in [0.2, 0.25) is 0 Å². The van der Waals surface area contributed by atoms with Crippen molar-refractivity contribution in [2.24, 2.45) is 0 Å². The Labute approximate surface area is 158 Å². The molecule has 1 N–H and O–H groups in total. The number of methoxy groups -OCH3 is 1. The van der Waals surface area contributed by atoms with Crippen LogP contribution in [0, 0.1) is 0 Å². The van der Waals surface area contributed by atoms with Crippen LogP contribution in [0.25, 0.3) is 0 Å². The molecule has 0 spiro atoms. The number of hydrogen-bond donors (Lipinski definition) is 1. The smallest absolute Gasteiger partial charge is 0.321 e. The van der Waals surface area contributed by atoms with Gasteiger partial charge in [-0.15, -0.1) is 10.2 Å². The van der Waals surface area contributed by atoms with Gasteiger partial charge in [-0.1, -0.05) is 0 Å². The SMILES string of the molecule is CCOc1ccc(NC(=O)N2CCCC(Oc3ccc(OC)nn3)C2)cc1. The Balaban J connectivity index is 1.53. The summed E-state index contributed by atoms with van der Waals surface area (Å²) in [6.07, 6.45) is 1.61. The molecule has 2 amide bonds. The summed E-state index contributed by atoms with van der Waals surface area (Å²) in [7, 11) is 1.53. The molecule has 2 aromatic rings. The van der Waals surface area contributed by atoms with E-state index in [1.54, 1.807) is 17.0 Å². The number of urea groups is 1. The van der Waals surface area contributed by atoms with Crippen molar-refractivity contribution in [3.8, 4) is 17.5 Å². The fraction of sp³-hybridized carbons (Fsp3) is 0.421. The molecular weight excluding hydrogens is 348 g/mol. The third-order valence-corrected chi connectivity index (χ3v) is 4.19. The summed E-state index contributed by atoms with van der Waals surface area (Å²) in [5.74, 6) is 1.64. The average molecular weight is 372 g/mol. The number of piperidine rings is 1. The van der Waals surface area contributed by atoms with Gasteiger partial charge in [0.15, 0.2) is 0 Å². The second kappa shape index (κ2) is 9.07. The number of rotatable bonds is 6. The zero-order valence-electron chi connectivity index (χ0n) is 15.6. The molecule has 8 heteroatoms. The van der Waals surface area contributed by atoms with Gasteiger partial charge in [0.25, 0.3) is 0 Å². The molecule has 27 heavy (non-hydrogen) atoms. The van der Waals surface area contributed by atoms with Crippen molar-refractivity contribution < 1.29 is 19.0 Å². The van der Waals surface area contributed by atoms with Crippen LogP contribution in [-0.4, -0.2) is 54.0 Å². The van der Waals surface area contributed by atoms with Crippen LogP contribution in [0.5, 0.6) is 17.5 Å². The van der Waals surface area contributed by atoms with Gasteiger partial charge in [-0.05, 0) is 44.0 Å². The largest absolute Gasteiger partial charge is 0.494 e. The first-order valence-corrected chi connectivity index (χ1v) is 9.01. The van der Waals surface area contributed by atoms with Crippen molar-refractivity contribution in [3.63, 3.8) is 0 Å². The lowest BCUT2D eigenvalue weighted by Crippen LogP contribution is -2.46. The van der Waals surface area contributed by atoms with Gasteiger partial charge >= 0.3 is 6.03 Å². The Kier molecular flexibility index (Phi) is 6.30. The van der Waals surface area contributed by atoms with Gasteiger partial charge < -0.3 is 24.4 Å². The fourth-order valence-corrected chi connectivity index (χ4v) is 2.87. The molecule has 1 saturated heterocycles. The third kappa shape index (κ3) is 5.22.